The maximum Gasteiger partial charge on any atom is 0.124 e. The van der Waals surface area contributed by atoms with Crippen molar-refractivity contribution in [1.29, 1.82) is 0 Å². The monoisotopic (exact) mass is 301 g/mol. The zero-order valence-corrected chi connectivity index (χ0v) is 11.5. The van der Waals surface area contributed by atoms with Gasteiger partial charge in [0.15, 0.2) is 0 Å². The molecular weight excluding hydrogens is 285 g/mol. The molecule has 0 unspecified atom stereocenters. The predicted octanol–water partition coefficient (Wildman–Crippen LogP) is 2.79. The Bertz CT molecular complexity index is 373. The lowest BCUT2D eigenvalue weighted by molar-refractivity contribution is 0.0274. The first-order valence-corrected chi connectivity index (χ1v) is 6.64. The molecule has 0 heterocycles. The lowest BCUT2D eigenvalue weighted by Crippen LogP contribution is -2.36. The fourth-order valence-electron chi connectivity index (χ4n) is 2.37. The SMILES string of the molecule is CN(Cc1cc(F)cc(Br)c1)CC1CC(O)C1. The number of rotatable bonds is 4. The quantitative estimate of drug-likeness (QED) is 0.924. The Morgan fingerprint density at radius 3 is 2.71 bits per heavy atom. The molecule has 1 aliphatic rings. The Hall–Kier alpha value is -0.450. The molecule has 0 aromatic heterocycles. The van der Waals surface area contributed by atoms with Crippen molar-refractivity contribution in [3.05, 3.63) is 34.1 Å². The largest absolute Gasteiger partial charge is 0.393 e. The van der Waals surface area contributed by atoms with Crippen molar-refractivity contribution in [1.82, 2.24) is 4.90 Å². The van der Waals surface area contributed by atoms with Crippen LogP contribution in [0.15, 0.2) is 22.7 Å². The molecule has 2 rings (SSSR count). The molecule has 0 aliphatic heterocycles. The van der Waals surface area contributed by atoms with Gasteiger partial charge in [-0.25, -0.2) is 4.39 Å². The fourth-order valence-corrected chi connectivity index (χ4v) is 2.88. The number of hydrogen-bond donors (Lipinski definition) is 1. The maximum atomic E-state index is 13.2. The number of benzene rings is 1. The number of nitrogens with zero attached hydrogens (tertiary/aromatic N) is 1. The molecule has 1 aliphatic carbocycles. The van der Waals surface area contributed by atoms with Gasteiger partial charge in [0.1, 0.15) is 5.82 Å². The molecule has 1 saturated carbocycles. The van der Waals surface area contributed by atoms with E-state index < -0.39 is 0 Å². The topological polar surface area (TPSA) is 23.5 Å². The molecule has 2 nitrogen and oxygen atoms in total. The molecule has 0 atom stereocenters. The van der Waals surface area contributed by atoms with Crippen LogP contribution in [0.4, 0.5) is 4.39 Å². The summed E-state index contributed by atoms with van der Waals surface area (Å²) in [5.74, 6) is 0.383. The van der Waals surface area contributed by atoms with Crippen molar-refractivity contribution < 1.29 is 9.50 Å². The smallest absolute Gasteiger partial charge is 0.124 e. The highest BCUT2D eigenvalue weighted by atomic mass is 79.9. The normalized spacial score (nSPS) is 23.8. The molecule has 1 fully saturated rings. The van der Waals surface area contributed by atoms with E-state index in [4.69, 9.17) is 0 Å². The number of aliphatic hydroxyl groups is 1. The van der Waals surface area contributed by atoms with Crippen molar-refractivity contribution >= 4 is 15.9 Å². The van der Waals surface area contributed by atoms with Gasteiger partial charge in [-0.1, -0.05) is 15.9 Å². The van der Waals surface area contributed by atoms with Crippen LogP contribution in [0.5, 0.6) is 0 Å². The zero-order chi connectivity index (χ0) is 12.4. The second kappa shape index (κ2) is 5.46. The van der Waals surface area contributed by atoms with Gasteiger partial charge in [0, 0.05) is 17.6 Å². The third-order valence-corrected chi connectivity index (χ3v) is 3.61. The molecule has 1 aromatic carbocycles. The van der Waals surface area contributed by atoms with Crippen molar-refractivity contribution in [3.8, 4) is 0 Å². The Balaban J connectivity index is 1.86. The third kappa shape index (κ3) is 3.76. The molecule has 0 radical (unpaired) electrons. The minimum Gasteiger partial charge on any atom is -0.393 e. The van der Waals surface area contributed by atoms with E-state index in [1.165, 1.54) is 6.07 Å². The molecule has 0 spiro atoms. The average molecular weight is 302 g/mol. The Kier molecular flexibility index (Phi) is 4.17. The van der Waals surface area contributed by atoms with E-state index in [1.54, 1.807) is 6.07 Å². The summed E-state index contributed by atoms with van der Waals surface area (Å²) in [6.45, 7) is 1.70. The molecule has 0 saturated heterocycles. The van der Waals surface area contributed by atoms with Gasteiger partial charge < -0.3 is 10.0 Å². The predicted molar refractivity (Wildman–Crippen MR) is 69.2 cm³/mol. The zero-order valence-electron chi connectivity index (χ0n) is 9.87. The van der Waals surface area contributed by atoms with Crippen molar-refractivity contribution in [3.63, 3.8) is 0 Å². The number of halogens is 2. The Labute approximate surface area is 110 Å². The number of aliphatic hydroxyl groups excluding tert-OH is 1. The molecule has 0 bridgehead atoms. The number of hydrogen-bond acceptors (Lipinski definition) is 2. The highest BCUT2D eigenvalue weighted by Crippen LogP contribution is 2.28. The van der Waals surface area contributed by atoms with Gasteiger partial charge in [-0.3, -0.25) is 0 Å². The van der Waals surface area contributed by atoms with E-state index in [-0.39, 0.29) is 11.9 Å². The summed E-state index contributed by atoms with van der Waals surface area (Å²) in [5.41, 5.74) is 0.972. The molecule has 17 heavy (non-hydrogen) atoms. The summed E-state index contributed by atoms with van der Waals surface area (Å²) < 4.78 is 14.0. The van der Waals surface area contributed by atoms with Crippen LogP contribution in [0.2, 0.25) is 0 Å². The fraction of sp³-hybridized carbons (Fsp3) is 0.538. The van der Waals surface area contributed by atoms with E-state index in [2.05, 4.69) is 20.8 Å². The first kappa shape index (κ1) is 13.0. The van der Waals surface area contributed by atoms with Crippen LogP contribution in [0.25, 0.3) is 0 Å². The van der Waals surface area contributed by atoms with Gasteiger partial charge in [-0.2, -0.15) is 0 Å². The summed E-state index contributed by atoms with van der Waals surface area (Å²) in [7, 11) is 2.03. The van der Waals surface area contributed by atoms with E-state index in [0.29, 0.717) is 5.92 Å². The van der Waals surface area contributed by atoms with Gasteiger partial charge in [0.05, 0.1) is 6.10 Å². The molecule has 0 amide bonds. The van der Waals surface area contributed by atoms with Crippen LogP contribution < -0.4 is 0 Å². The first-order chi connectivity index (χ1) is 8.02. The summed E-state index contributed by atoms with van der Waals surface area (Å²) in [6, 6.07) is 4.97. The second-order valence-corrected chi connectivity index (χ2v) is 5.88. The van der Waals surface area contributed by atoms with Crippen molar-refractivity contribution in [2.45, 2.75) is 25.5 Å². The van der Waals surface area contributed by atoms with Crippen LogP contribution in [-0.4, -0.2) is 29.7 Å². The second-order valence-electron chi connectivity index (χ2n) is 4.97. The van der Waals surface area contributed by atoms with Crippen molar-refractivity contribution in [2.24, 2.45) is 5.92 Å². The Morgan fingerprint density at radius 1 is 1.41 bits per heavy atom. The molecule has 1 N–H and O–H groups in total. The molecule has 94 valence electrons. The minimum atomic E-state index is -0.207. The first-order valence-electron chi connectivity index (χ1n) is 5.84. The van der Waals surface area contributed by atoms with Gasteiger partial charge in [-0.05, 0) is 49.6 Å². The van der Waals surface area contributed by atoms with Gasteiger partial charge >= 0.3 is 0 Å². The standard InChI is InChI=1S/C13H17BrFNO/c1-16(8-10-4-13(17)5-10)7-9-2-11(14)6-12(15)3-9/h2-3,6,10,13,17H,4-5,7-8H2,1H3. The van der Waals surface area contributed by atoms with Crippen molar-refractivity contribution in [2.75, 3.05) is 13.6 Å². The summed E-state index contributed by atoms with van der Waals surface area (Å²) in [5, 5.41) is 9.22. The van der Waals surface area contributed by atoms with E-state index in [0.717, 1.165) is 36.0 Å². The van der Waals surface area contributed by atoms with Gasteiger partial charge in [0.25, 0.3) is 0 Å². The molecular formula is C13H17BrFNO. The van der Waals surface area contributed by atoms with Crippen LogP contribution in [-0.2, 0) is 6.54 Å². The lowest BCUT2D eigenvalue weighted by Gasteiger charge is -2.34. The van der Waals surface area contributed by atoms with Crippen LogP contribution in [0.1, 0.15) is 18.4 Å². The van der Waals surface area contributed by atoms with Gasteiger partial charge in [-0.15, -0.1) is 0 Å². The highest BCUT2D eigenvalue weighted by molar-refractivity contribution is 9.10. The summed E-state index contributed by atoms with van der Waals surface area (Å²) >= 11 is 3.29. The highest BCUT2D eigenvalue weighted by Gasteiger charge is 2.27. The van der Waals surface area contributed by atoms with E-state index in [1.807, 2.05) is 13.1 Å². The third-order valence-electron chi connectivity index (χ3n) is 3.16. The van der Waals surface area contributed by atoms with Crippen LogP contribution >= 0.6 is 15.9 Å². The van der Waals surface area contributed by atoms with Crippen LogP contribution in [0.3, 0.4) is 0 Å². The Morgan fingerprint density at radius 2 is 2.12 bits per heavy atom. The maximum absolute atomic E-state index is 13.2. The molecule has 4 heteroatoms. The summed E-state index contributed by atoms with van der Waals surface area (Å²) in [6.07, 6.45) is 1.70. The minimum absolute atomic E-state index is 0.100. The van der Waals surface area contributed by atoms with E-state index >= 15 is 0 Å². The van der Waals surface area contributed by atoms with E-state index in [9.17, 15) is 9.50 Å². The summed E-state index contributed by atoms with van der Waals surface area (Å²) in [4.78, 5) is 2.18. The lowest BCUT2D eigenvalue weighted by atomic mass is 9.82. The molecule has 1 aromatic rings. The average Bonchev–Trinajstić information content (AvgIpc) is 2.13. The van der Waals surface area contributed by atoms with Gasteiger partial charge in [0.2, 0.25) is 0 Å². The van der Waals surface area contributed by atoms with Crippen LogP contribution in [0, 0.1) is 11.7 Å².